The zero-order valence-corrected chi connectivity index (χ0v) is 14.7. The molecule has 1 N–H and O–H groups in total. The highest BCUT2D eigenvalue weighted by atomic mass is 14.9. The van der Waals surface area contributed by atoms with E-state index in [9.17, 15) is 0 Å². The number of nitrogens with one attached hydrogen (secondary N) is 1. The molecule has 0 aromatic rings. The summed E-state index contributed by atoms with van der Waals surface area (Å²) in [5, 5.41) is 3.60. The van der Waals surface area contributed by atoms with Crippen LogP contribution in [0.25, 0.3) is 0 Å². The molecule has 1 heteroatoms. The monoisotopic (exact) mass is 293 g/mol. The van der Waals surface area contributed by atoms with Gasteiger partial charge in [0.05, 0.1) is 0 Å². The summed E-state index contributed by atoms with van der Waals surface area (Å²) in [6.45, 7) is 5.69. The van der Waals surface area contributed by atoms with Crippen LogP contribution in [0, 0.1) is 5.92 Å². The molecule has 1 aliphatic rings. The van der Waals surface area contributed by atoms with E-state index in [0.29, 0.717) is 6.04 Å². The second-order valence-corrected chi connectivity index (χ2v) is 6.95. The lowest BCUT2D eigenvalue weighted by molar-refractivity contribution is 0.358. The van der Waals surface area contributed by atoms with E-state index in [1.54, 1.807) is 0 Å². The van der Waals surface area contributed by atoms with Gasteiger partial charge in [0.1, 0.15) is 0 Å². The van der Waals surface area contributed by atoms with Gasteiger partial charge in [0, 0.05) is 12.6 Å². The average molecular weight is 294 g/mol. The molecular weight excluding hydrogens is 254 g/mol. The molecule has 0 saturated carbocycles. The van der Waals surface area contributed by atoms with E-state index in [0.717, 1.165) is 12.5 Å². The lowest BCUT2D eigenvalue weighted by Crippen LogP contribution is -2.25. The second-order valence-electron chi connectivity index (χ2n) is 6.95. The van der Waals surface area contributed by atoms with Crippen LogP contribution in [-0.2, 0) is 0 Å². The molecule has 0 radical (unpaired) electrons. The van der Waals surface area contributed by atoms with E-state index < -0.39 is 0 Å². The average Bonchev–Trinajstić information content (AvgIpc) is 2.99. The predicted molar refractivity (Wildman–Crippen MR) is 95.8 cm³/mol. The summed E-state index contributed by atoms with van der Waals surface area (Å²) in [6.07, 6.45) is 23.3. The van der Waals surface area contributed by atoms with Crippen molar-refractivity contribution >= 4 is 0 Å². The van der Waals surface area contributed by atoms with Crippen LogP contribution in [0.5, 0.6) is 0 Å². The maximum absolute atomic E-state index is 3.60. The van der Waals surface area contributed by atoms with Crippen LogP contribution < -0.4 is 5.32 Å². The molecule has 0 spiro atoms. The molecule has 0 amide bonds. The smallest absolute Gasteiger partial charge is 0.0256 e. The Morgan fingerprint density at radius 2 is 1.43 bits per heavy atom. The van der Waals surface area contributed by atoms with Gasteiger partial charge in [-0.05, 0) is 12.3 Å². The number of unbranched alkanes of at least 4 members (excludes halogenated alkanes) is 8. The fourth-order valence-corrected chi connectivity index (χ4v) is 3.49. The fourth-order valence-electron chi connectivity index (χ4n) is 3.49. The summed E-state index contributed by atoms with van der Waals surface area (Å²) >= 11 is 0. The first-order valence-corrected chi connectivity index (χ1v) is 9.76. The summed E-state index contributed by atoms with van der Waals surface area (Å²) in [5.74, 6) is 0.952. The number of hydrogen-bond acceptors (Lipinski definition) is 1. The van der Waals surface area contributed by atoms with Crippen molar-refractivity contribution in [2.45, 2.75) is 103 Å². The van der Waals surface area contributed by atoms with Crippen LogP contribution in [0.1, 0.15) is 97.3 Å². The van der Waals surface area contributed by atoms with E-state index >= 15 is 0 Å². The number of hydrogen-bond donors (Lipinski definition) is 1. The van der Waals surface area contributed by atoms with E-state index in [1.807, 2.05) is 0 Å². The molecule has 1 aliphatic heterocycles. The van der Waals surface area contributed by atoms with Crippen LogP contribution in [-0.4, -0.2) is 12.6 Å². The van der Waals surface area contributed by atoms with Crippen molar-refractivity contribution in [1.29, 1.82) is 0 Å². The molecule has 1 rings (SSSR count). The maximum Gasteiger partial charge on any atom is 0.0256 e. The molecule has 1 heterocycles. The highest BCUT2D eigenvalue weighted by molar-refractivity contribution is 5.02. The van der Waals surface area contributed by atoms with Gasteiger partial charge < -0.3 is 5.32 Å². The molecule has 1 nitrogen and oxygen atoms in total. The Morgan fingerprint density at radius 1 is 0.857 bits per heavy atom. The van der Waals surface area contributed by atoms with Gasteiger partial charge in [-0.1, -0.05) is 103 Å². The maximum atomic E-state index is 3.60. The zero-order valence-electron chi connectivity index (χ0n) is 14.7. The minimum Gasteiger partial charge on any atom is -0.307 e. The lowest BCUT2D eigenvalue weighted by Gasteiger charge is -2.20. The van der Waals surface area contributed by atoms with Gasteiger partial charge in [-0.25, -0.2) is 0 Å². The van der Waals surface area contributed by atoms with Crippen LogP contribution in [0.2, 0.25) is 0 Å². The minimum absolute atomic E-state index is 0.668. The zero-order chi connectivity index (χ0) is 15.2. The summed E-state index contributed by atoms with van der Waals surface area (Å²) in [7, 11) is 0. The predicted octanol–water partition coefficient (Wildman–Crippen LogP) is 6.24. The molecule has 2 atom stereocenters. The molecule has 21 heavy (non-hydrogen) atoms. The van der Waals surface area contributed by atoms with Crippen LogP contribution in [0.15, 0.2) is 12.2 Å². The van der Waals surface area contributed by atoms with Gasteiger partial charge in [0.2, 0.25) is 0 Å². The van der Waals surface area contributed by atoms with Crippen LogP contribution in [0.3, 0.4) is 0 Å². The highest BCUT2D eigenvalue weighted by Crippen LogP contribution is 2.24. The topological polar surface area (TPSA) is 12.0 Å². The molecule has 0 aliphatic carbocycles. The van der Waals surface area contributed by atoms with Gasteiger partial charge in [-0.2, -0.15) is 0 Å². The van der Waals surface area contributed by atoms with Crippen molar-refractivity contribution < 1.29 is 0 Å². The van der Waals surface area contributed by atoms with Crippen LogP contribution >= 0.6 is 0 Å². The van der Waals surface area contributed by atoms with Crippen molar-refractivity contribution in [1.82, 2.24) is 5.32 Å². The van der Waals surface area contributed by atoms with E-state index in [2.05, 4.69) is 31.3 Å². The quantitative estimate of drug-likeness (QED) is 0.295. The molecule has 0 fully saturated rings. The Labute approximate surface area is 134 Å². The van der Waals surface area contributed by atoms with Crippen LogP contribution in [0.4, 0.5) is 0 Å². The fraction of sp³-hybridized carbons (Fsp3) is 0.900. The summed E-state index contributed by atoms with van der Waals surface area (Å²) in [6, 6.07) is 0.668. The van der Waals surface area contributed by atoms with E-state index in [4.69, 9.17) is 0 Å². The lowest BCUT2D eigenvalue weighted by atomic mass is 9.89. The third kappa shape index (κ3) is 10.1. The third-order valence-corrected chi connectivity index (χ3v) is 4.89. The highest BCUT2D eigenvalue weighted by Gasteiger charge is 2.15. The molecule has 124 valence electrons. The SMILES string of the molecule is CCCCCCCCC(CCCCCC)CC1C=CCN1. The normalized spacial score (nSPS) is 19.2. The van der Waals surface area contributed by atoms with Gasteiger partial charge >= 0.3 is 0 Å². The molecule has 2 unspecified atom stereocenters. The van der Waals surface area contributed by atoms with Crippen molar-refractivity contribution in [3.05, 3.63) is 12.2 Å². The van der Waals surface area contributed by atoms with Crippen molar-refractivity contribution in [2.75, 3.05) is 6.54 Å². The Hall–Kier alpha value is -0.300. The molecule has 0 aromatic carbocycles. The van der Waals surface area contributed by atoms with E-state index in [1.165, 1.54) is 83.5 Å². The first-order chi connectivity index (χ1) is 10.4. The Balaban J connectivity index is 2.14. The largest absolute Gasteiger partial charge is 0.307 e. The van der Waals surface area contributed by atoms with Gasteiger partial charge in [0.25, 0.3) is 0 Å². The summed E-state index contributed by atoms with van der Waals surface area (Å²) in [4.78, 5) is 0. The number of rotatable bonds is 14. The van der Waals surface area contributed by atoms with Gasteiger partial charge in [0.15, 0.2) is 0 Å². The van der Waals surface area contributed by atoms with Gasteiger partial charge in [-0.3, -0.25) is 0 Å². The summed E-state index contributed by atoms with van der Waals surface area (Å²) in [5.41, 5.74) is 0. The molecule has 0 aromatic heterocycles. The summed E-state index contributed by atoms with van der Waals surface area (Å²) < 4.78 is 0. The first kappa shape index (κ1) is 18.7. The Morgan fingerprint density at radius 3 is 2.00 bits per heavy atom. The molecular formula is C20H39N. The van der Waals surface area contributed by atoms with E-state index in [-0.39, 0.29) is 0 Å². The van der Waals surface area contributed by atoms with Crippen molar-refractivity contribution in [2.24, 2.45) is 5.92 Å². The Kier molecular flexibility index (Phi) is 11.9. The first-order valence-electron chi connectivity index (χ1n) is 9.76. The second kappa shape index (κ2) is 13.4. The molecule has 0 saturated heterocycles. The molecule has 0 bridgehead atoms. The van der Waals surface area contributed by atoms with Gasteiger partial charge in [-0.15, -0.1) is 0 Å². The Bertz CT molecular complexity index is 246. The third-order valence-electron chi connectivity index (χ3n) is 4.89. The standard InChI is InChI=1S/C20H39N/c1-3-5-7-9-10-12-15-19(14-11-8-6-4-2)18-20-16-13-17-21-20/h13,16,19-21H,3-12,14-15,17-18H2,1-2H3. The minimum atomic E-state index is 0.668. The van der Waals surface area contributed by atoms with Crippen molar-refractivity contribution in [3.8, 4) is 0 Å². The van der Waals surface area contributed by atoms with Crippen molar-refractivity contribution in [3.63, 3.8) is 0 Å².